The molecule has 3 N–H and O–H groups in total. The molecule has 1 atom stereocenters. The number of nitrogens with two attached hydrogens (primary N) is 1. The lowest BCUT2D eigenvalue weighted by molar-refractivity contribution is 0.0827. The fourth-order valence-electron chi connectivity index (χ4n) is 2.02. The second kappa shape index (κ2) is 6.13. The topological polar surface area (TPSA) is 92.5 Å². The number of carbonyl (C=O) groups is 1. The van der Waals surface area contributed by atoms with Crippen LogP contribution in [0.4, 0.5) is 0 Å². The highest BCUT2D eigenvalue weighted by Gasteiger charge is 2.29. The summed E-state index contributed by atoms with van der Waals surface area (Å²) in [5.41, 5.74) is 6.34. The van der Waals surface area contributed by atoms with Gasteiger partial charge in [0.1, 0.15) is 0 Å². The molecule has 0 aliphatic heterocycles. The fourth-order valence-corrected chi connectivity index (χ4v) is 3.09. The third-order valence-corrected chi connectivity index (χ3v) is 4.99. The van der Waals surface area contributed by atoms with Crippen molar-refractivity contribution in [2.75, 3.05) is 20.6 Å². The highest BCUT2D eigenvalue weighted by molar-refractivity contribution is 7.89. The summed E-state index contributed by atoms with van der Waals surface area (Å²) in [6.07, 6.45) is 2.15. The molecule has 1 aromatic rings. The Morgan fingerprint density at radius 1 is 1.33 bits per heavy atom. The van der Waals surface area contributed by atoms with Crippen molar-refractivity contribution in [3.63, 3.8) is 0 Å². The monoisotopic (exact) mass is 311 g/mol. The van der Waals surface area contributed by atoms with Crippen LogP contribution in [0.1, 0.15) is 23.2 Å². The van der Waals surface area contributed by atoms with Gasteiger partial charge in [-0.15, -0.1) is 0 Å². The molecule has 0 heterocycles. The van der Waals surface area contributed by atoms with Crippen LogP contribution >= 0.6 is 0 Å². The van der Waals surface area contributed by atoms with Crippen LogP contribution in [-0.4, -0.2) is 45.9 Å². The molecule has 6 nitrogen and oxygen atoms in total. The van der Waals surface area contributed by atoms with Crippen LogP contribution in [-0.2, 0) is 10.0 Å². The van der Waals surface area contributed by atoms with E-state index in [1.165, 1.54) is 29.2 Å². The zero-order chi connectivity index (χ0) is 15.6. The summed E-state index contributed by atoms with van der Waals surface area (Å²) in [4.78, 5) is 13.3. The van der Waals surface area contributed by atoms with E-state index < -0.39 is 10.0 Å². The fraction of sp³-hybridized carbons (Fsp3) is 0.500. The zero-order valence-corrected chi connectivity index (χ0v) is 13.1. The summed E-state index contributed by atoms with van der Waals surface area (Å²) < 4.78 is 26.8. The number of nitrogens with zero attached hydrogens (tertiary/aromatic N) is 1. The average Bonchev–Trinajstić information content (AvgIpc) is 3.28. The van der Waals surface area contributed by atoms with Gasteiger partial charge in [-0.25, -0.2) is 13.1 Å². The van der Waals surface area contributed by atoms with Gasteiger partial charge in [0.05, 0.1) is 4.90 Å². The zero-order valence-electron chi connectivity index (χ0n) is 12.2. The van der Waals surface area contributed by atoms with Gasteiger partial charge < -0.3 is 10.6 Å². The number of hydrogen-bond acceptors (Lipinski definition) is 4. The van der Waals surface area contributed by atoms with Crippen molar-refractivity contribution in [2.45, 2.75) is 23.8 Å². The summed E-state index contributed by atoms with van der Waals surface area (Å²) in [5.74, 6) is 0.274. The average molecular weight is 311 g/mol. The van der Waals surface area contributed by atoms with E-state index in [-0.39, 0.29) is 23.4 Å². The lowest BCUT2D eigenvalue weighted by atomic mass is 10.2. The van der Waals surface area contributed by atoms with Gasteiger partial charge in [0.25, 0.3) is 5.91 Å². The van der Waals surface area contributed by atoms with Gasteiger partial charge in [0.15, 0.2) is 0 Å². The number of sulfonamides is 1. The minimum atomic E-state index is -3.58. The third kappa shape index (κ3) is 4.03. The van der Waals surface area contributed by atoms with E-state index >= 15 is 0 Å². The van der Waals surface area contributed by atoms with Crippen molar-refractivity contribution < 1.29 is 13.2 Å². The van der Waals surface area contributed by atoms with E-state index in [9.17, 15) is 13.2 Å². The number of carbonyl (C=O) groups excluding carboxylic acids is 1. The summed E-state index contributed by atoms with van der Waals surface area (Å²) >= 11 is 0. The molecule has 1 saturated carbocycles. The Hall–Kier alpha value is -1.44. The van der Waals surface area contributed by atoms with Crippen molar-refractivity contribution >= 4 is 15.9 Å². The normalized spacial score (nSPS) is 16.5. The molecule has 0 radical (unpaired) electrons. The first-order valence-electron chi connectivity index (χ1n) is 6.88. The minimum absolute atomic E-state index is 0.130. The molecule has 1 fully saturated rings. The number of hydrogen-bond donors (Lipinski definition) is 2. The smallest absolute Gasteiger partial charge is 0.253 e. The van der Waals surface area contributed by atoms with Gasteiger partial charge in [0, 0.05) is 32.2 Å². The summed E-state index contributed by atoms with van der Waals surface area (Å²) in [6.45, 7) is 0.241. The second-order valence-electron chi connectivity index (χ2n) is 5.58. The van der Waals surface area contributed by atoms with Crippen LogP contribution in [0.15, 0.2) is 29.2 Å². The van der Waals surface area contributed by atoms with Gasteiger partial charge in [-0.3, -0.25) is 4.79 Å². The number of amides is 1. The standard InChI is InChI=1S/C14H21N3O3S/c1-17(2)14(18)11-5-7-12(8-6-11)21(19,20)16-9-13(15)10-3-4-10/h5-8,10,13,16H,3-4,9,15H2,1-2H3. The molecule has 7 heteroatoms. The van der Waals surface area contributed by atoms with Crippen LogP contribution in [0, 0.1) is 5.92 Å². The number of rotatable bonds is 6. The minimum Gasteiger partial charge on any atom is -0.345 e. The molecule has 116 valence electrons. The molecule has 0 spiro atoms. The van der Waals surface area contributed by atoms with Gasteiger partial charge in [0.2, 0.25) is 10.0 Å². The van der Waals surface area contributed by atoms with E-state index in [1.54, 1.807) is 14.1 Å². The molecular weight excluding hydrogens is 290 g/mol. The molecule has 1 aromatic carbocycles. The summed E-state index contributed by atoms with van der Waals surface area (Å²) in [5, 5.41) is 0. The SMILES string of the molecule is CN(C)C(=O)c1ccc(S(=O)(=O)NCC(N)C2CC2)cc1. The maximum absolute atomic E-state index is 12.1. The lowest BCUT2D eigenvalue weighted by Crippen LogP contribution is -2.38. The molecule has 2 rings (SSSR count). The molecule has 0 bridgehead atoms. The molecule has 0 saturated heterocycles. The molecule has 1 unspecified atom stereocenters. The molecule has 1 aliphatic rings. The van der Waals surface area contributed by atoms with E-state index in [0.717, 1.165) is 12.8 Å². The van der Waals surface area contributed by atoms with Crippen molar-refractivity contribution in [1.29, 1.82) is 0 Å². The highest BCUT2D eigenvalue weighted by atomic mass is 32.2. The first-order chi connectivity index (χ1) is 9.81. The quantitative estimate of drug-likeness (QED) is 0.795. The molecule has 0 aromatic heterocycles. The van der Waals surface area contributed by atoms with E-state index in [1.807, 2.05) is 0 Å². The van der Waals surface area contributed by atoms with Crippen LogP contribution in [0.5, 0.6) is 0 Å². The Morgan fingerprint density at radius 3 is 2.38 bits per heavy atom. The van der Waals surface area contributed by atoms with Crippen LogP contribution in [0.2, 0.25) is 0 Å². The van der Waals surface area contributed by atoms with E-state index in [0.29, 0.717) is 11.5 Å². The van der Waals surface area contributed by atoms with Crippen molar-refractivity contribution in [1.82, 2.24) is 9.62 Å². The first kappa shape index (κ1) is 15.9. The van der Waals surface area contributed by atoms with E-state index in [2.05, 4.69) is 4.72 Å². The van der Waals surface area contributed by atoms with Crippen LogP contribution in [0.3, 0.4) is 0 Å². The Kier molecular flexibility index (Phi) is 4.65. The van der Waals surface area contributed by atoms with Crippen LogP contribution in [0.25, 0.3) is 0 Å². The molecular formula is C14H21N3O3S. The van der Waals surface area contributed by atoms with Gasteiger partial charge in [-0.1, -0.05) is 0 Å². The Labute approximate surface area is 125 Å². The van der Waals surface area contributed by atoms with Crippen molar-refractivity contribution in [3.05, 3.63) is 29.8 Å². The van der Waals surface area contributed by atoms with E-state index in [4.69, 9.17) is 5.73 Å². The second-order valence-corrected chi connectivity index (χ2v) is 7.34. The summed E-state index contributed by atoms with van der Waals surface area (Å²) in [7, 11) is -0.285. The molecule has 1 aliphatic carbocycles. The largest absolute Gasteiger partial charge is 0.345 e. The maximum atomic E-state index is 12.1. The van der Waals surface area contributed by atoms with Crippen molar-refractivity contribution in [2.24, 2.45) is 11.7 Å². The third-order valence-electron chi connectivity index (χ3n) is 3.55. The summed E-state index contributed by atoms with van der Waals surface area (Å²) in [6, 6.07) is 5.76. The Bertz CT molecular complexity index is 607. The number of nitrogens with one attached hydrogen (secondary N) is 1. The Morgan fingerprint density at radius 2 is 1.90 bits per heavy atom. The number of benzene rings is 1. The van der Waals surface area contributed by atoms with Crippen molar-refractivity contribution in [3.8, 4) is 0 Å². The first-order valence-corrected chi connectivity index (χ1v) is 8.36. The highest BCUT2D eigenvalue weighted by Crippen LogP contribution is 2.31. The maximum Gasteiger partial charge on any atom is 0.253 e. The van der Waals surface area contributed by atoms with Gasteiger partial charge in [-0.05, 0) is 43.0 Å². The van der Waals surface area contributed by atoms with Gasteiger partial charge >= 0.3 is 0 Å². The predicted octanol–water partition coefficient (Wildman–Crippen LogP) is 0.404. The Balaban J connectivity index is 2.04. The lowest BCUT2D eigenvalue weighted by Gasteiger charge is -2.13. The molecule has 1 amide bonds. The predicted molar refractivity (Wildman–Crippen MR) is 80.3 cm³/mol. The van der Waals surface area contributed by atoms with Crippen LogP contribution < -0.4 is 10.5 Å². The molecule has 21 heavy (non-hydrogen) atoms. The van der Waals surface area contributed by atoms with Gasteiger partial charge in [-0.2, -0.15) is 0 Å².